The number of hydrogen-bond donors (Lipinski definition) is 2. The van der Waals surface area contributed by atoms with Crippen LogP contribution in [0.4, 0.5) is 23.7 Å². The molecule has 2 rings (SSSR count). The van der Waals surface area contributed by atoms with E-state index >= 15 is 0 Å². The second-order valence-electron chi connectivity index (χ2n) is 4.74. The van der Waals surface area contributed by atoms with Crippen molar-refractivity contribution in [1.82, 2.24) is 5.32 Å². The van der Waals surface area contributed by atoms with Gasteiger partial charge < -0.3 is 15.4 Å². The molecule has 1 heterocycles. The van der Waals surface area contributed by atoms with Gasteiger partial charge in [0.1, 0.15) is 6.10 Å². The Morgan fingerprint density at radius 1 is 1.29 bits per heavy atom. The van der Waals surface area contributed by atoms with Gasteiger partial charge in [-0.15, -0.1) is 11.3 Å². The minimum atomic E-state index is -4.55. The van der Waals surface area contributed by atoms with E-state index in [9.17, 15) is 18.0 Å². The van der Waals surface area contributed by atoms with E-state index in [1.807, 2.05) is 0 Å². The molecule has 1 aromatic carbocycles. The summed E-state index contributed by atoms with van der Waals surface area (Å²) in [5, 5.41) is 4.69. The largest absolute Gasteiger partial charge is 0.418 e. The van der Waals surface area contributed by atoms with Crippen LogP contribution in [0.2, 0.25) is 4.34 Å². The fourth-order valence-electron chi connectivity index (χ4n) is 1.99. The monoisotopic (exact) mass is 378 g/mol. The quantitative estimate of drug-likeness (QED) is 0.775. The maximum atomic E-state index is 12.9. The number of rotatable bonds is 5. The fourth-order valence-corrected chi connectivity index (χ4v) is 3.13. The summed E-state index contributed by atoms with van der Waals surface area (Å²) in [5.41, 5.74) is -1.22. The highest BCUT2D eigenvalue weighted by molar-refractivity contribution is 7.16. The zero-order valence-corrected chi connectivity index (χ0v) is 14.1. The number of ether oxygens (including phenoxy) is 1. The number of benzene rings is 1. The molecule has 1 aromatic heterocycles. The summed E-state index contributed by atoms with van der Waals surface area (Å²) in [6, 6.07) is 7.48. The van der Waals surface area contributed by atoms with Gasteiger partial charge in [0.25, 0.3) is 0 Å². The molecule has 0 saturated carbocycles. The van der Waals surface area contributed by atoms with Crippen LogP contribution < -0.4 is 10.6 Å². The van der Waals surface area contributed by atoms with Crippen molar-refractivity contribution in [1.29, 1.82) is 0 Å². The normalized spacial score (nSPS) is 12.7. The molecule has 24 heavy (non-hydrogen) atoms. The Hall–Kier alpha value is -1.77. The van der Waals surface area contributed by atoms with Gasteiger partial charge in [0.2, 0.25) is 0 Å². The molecule has 0 aliphatic carbocycles. The minimum absolute atomic E-state index is 0.0906. The predicted octanol–water partition coefficient (Wildman–Crippen LogP) is 4.93. The van der Waals surface area contributed by atoms with Crippen LogP contribution in [0.5, 0.6) is 0 Å². The van der Waals surface area contributed by atoms with Gasteiger partial charge in [-0.2, -0.15) is 13.2 Å². The SMILES string of the molecule is CO[C@H](CNC(=O)Nc1ccccc1C(F)(F)F)c1ccc(Cl)s1. The first kappa shape index (κ1) is 18.6. The third-order valence-corrected chi connectivity index (χ3v) is 4.45. The number of hydrogen-bond acceptors (Lipinski definition) is 3. The average Bonchev–Trinajstić information content (AvgIpc) is 2.94. The van der Waals surface area contributed by atoms with Gasteiger partial charge >= 0.3 is 12.2 Å². The second-order valence-corrected chi connectivity index (χ2v) is 6.49. The van der Waals surface area contributed by atoms with E-state index < -0.39 is 23.9 Å². The predicted molar refractivity (Wildman–Crippen MR) is 87.5 cm³/mol. The summed E-state index contributed by atoms with van der Waals surface area (Å²) in [7, 11) is 1.47. The molecule has 0 saturated heterocycles. The zero-order valence-electron chi connectivity index (χ0n) is 12.5. The number of para-hydroxylation sites is 1. The molecule has 0 spiro atoms. The van der Waals surface area contributed by atoms with Crippen LogP contribution in [0.15, 0.2) is 36.4 Å². The van der Waals surface area contributed by atoms with Crippen LogP contribution in [0.3, 0.4) is 0 Å². The smallest absolute Gasteiger partial charge is 0.374 e. The summed E-state index contributed by atoms with van der Waals surface area (Å²) in [6.07, 6.45) is -4.99. The zero-order chi connectivity index (χ0) is 17.7. The van der Waals surface area contributed by atoms with Gasteiger partial charge in [-0.3, -0.25) is 0 Å². The Kier molecular flexibility index (Phi) is 6.09. The third-order valence-electron chi connectivity index (χ3n) is 3.12. The molecule has 2 aromatic rings. The van der Waals surface area contributed by atoms with Gasteiger partial charge in [-0.05, 0) is 24.3 Å². The number of halogens is 4. The highest BCUT2D eigenvalue weighted by Crippen LogP contribution is 2.34. The van der Waals surface area contributed by atoms with Crippen LogP contribution in [0.1, 0.15) is 16.5 Å². The van der Waals surface area contributed by atoms with Crippen LogP contribution in [0, 0.1) is 0 Å². The number of alkyl halides is 3. The van der Waals surface area contributed by atoms with Gasteiger partial charge in [0.15, 0.2) is 0 Å². The number of carbonyl (C=O) groups is 1. The number of anilines is 1. The van der Waals surface area contributed by atoms with Crippen molar-refractivity contribution in [3.8, 4) is 0 Å². The van der Waals surface area contributed by atoms with Crippen LogP contribution >= 0.6 is 22.9 Å². The number of amides is 2. The molecule has 0 radical (unpaired) electrons. The van der Waals surface area contributed by atoms with E-state index in [1.165, 1.54) is 36.6 Å². The van der Waals surface area contributed by atoms with Crippen molar-refractivity contribution in [3.05, 3.63) is 51.2 Å². The van der Waals surface area contributed by atoms with Gasteiger partial charge in [0.05, 0.1) is 22.1 Å². The molecular weight excluding hydrogens is 365 g/mol. The van der Waals surface area contributed by atoms with Crippen molar-refractivity contribution in [2.24, 2.45) is 0 Å². The summed E-state index contributed by atoms with van der Waals surface area (Å²) in [6.45, 7) is 0.0906. The lowest BCUT2D eigenvalue weighted by Gasteiger charge is -2.17. The molecule has 0 aliphatic rings. The average molecular weight is 379 g/mol. The first-order valence-corrected chi connectivity index (χ1v) is 8.00. The molecule has 9 heteroatoms. The Morgan fingerprint density at radius 3 is 2.58 bits per heavy atom. The van der Waals surface area contributed by atoms with Gasteiger partial charge in [-0.1, -0.05) is 23.7 Å². The van der Waals surface area contributed by atoms with E-state index in [4.69, 9.17) is 16.3 Å². The van der Waals surface area contributed by atoms with Gasteiger partial charge in [0, 0.05) is 12.0 Å². The summed E-state index contributed by atoms with van der Waals surface area (Å²) in [4.78, 5) is 12.7. The van der Waals surface area contributed by atoms with Crippen molar-refractivity contribution in [3.63, 3.8) is 0 Å². The summed E-state index contributed by atoms with van der Waals surface area (Å²) in [5.74, 6) is 0. The Balaban J connectivity index is 1.99. The third kappa shape index (κ3) is 4.86. The lowest BCUT2D eigenvalue weighted by atomic mass is 10.1. The maximum Gasteiger partial charge on any atom is 0.418 e. The van der Waals surface area contributed by atoms with Crippen LogP contribution in [-0.2, 0) is 10.9 Å². The maximum absolute atomic E-state index is 12.9. The molecular formula is C15H14ClF3N2O2S. The topological polar surface area (TPSA) is 50.4 Å². The molecule has 0 fully saturated rings. The van der Waals surface area contributed by atoms with E-state index in [2.05, 4.69) is 10.6 Å². The molecule has 4 nitrogen and oxygen atoms in total. The molecule has 0 unspecified atom stereocenters. The van der Waals surface area contributed by atoms with Crippen molar-refractivity contribution in [2.75, 3.05) is 19.0 Å². The molecule has 2 N–H and O–H groups in total. The molecule has 2 amide bonds. The van der Waals surface area contributed by atoms with Gasteiger partial charge in [-0.25, -0.2) is 4.79 Å². The Labute approximate surface area is 145 Å². The highest BCUT2D eigenvalue weighted by atomic mass is 35.5. The van der Waals surface area contributed by atoms with Crippen LogP contribution in [-0.4, -0.2) is 19.7 Å². The molecule has 0 aliphatic heterocycles. The number of thiophene rings is 1. The first-order chi connectivity index (χ1) is 11.3. The van der Waals surface area contributed by atoms with Crippen LogP contribution in [0.25, 0.3) is 0 Å². The number of nitrogens with one attached hydrogen (secondary N) is 2. The Morgan fingerprint density at radius 2 is 2.00 bits per heavy atom. The lowest BCUT2D eigenvalue weighted by molar-refractivity contribution is -0.136. The number of methoxy groups -OCH3 is 1. The van der Waals surface area contributed by atoms with E-state index in [0.29, 0.717) is 4.34 Å². The highest BCUT2D eigenvalue weighted by Gasteiger charge is 2.33. The number of urea groups is 1. The molecule has 130 valence electrons. The lowest BCUT2D eigenvalue weighted by Crippen LogP contribution is -2.33. The standard InChI is InChI=1S/C15H14ClF3N2O2S/c1-23-11(12-6-7-13(16)24-12)8-20-14(22)21-10-5-3-2-4-9(10)15(17,18)19/h2-7,11H,8H2,1H3,(H2,20,21,22)/t11-/m1/s1. The summed E-state index contributed by atoms with van der Waals surface area (Å²) < 4.78 is 44.5. The molecule has 1 atom stereocenters. The molecule has 0 bridgehead atoms. The van der Waals surface area contributed by atoms with Crippen molar-refractivity contribution in [2.45, 2.75) is 12.3 Å². The number of carbonyl (C=O) groups excluding carboxylic acids is 1. The second kappa shape index (κ2) is 7.87. The summed E-state index contributed by atoms with van der Waals surface area (Å²) >= 11 is 7.15. The Bertz CT molecular complexity index is 706. The van der Waals surface area contributed by atoms with E-state index in [0.717, 1.165) is 10.9 Å². The van der Waals surface area contributed by atoms with E-state index in [-0.39, 0.29) is 12.2 Å². The fraction of sp³-hybridized carbons (Fsp3) is 0.267. The first-order valence-electron chi connectivity index (χ1n) is 6.80. The van der Waals surface area contributed by atoms with E-state index in [1.54, 1.807) is 12.1 Å². The van der Waals surface area contributed by atoms with Crippen molar-refractivity contribution >= 4 is 34.7 Å². The van der Waals surface area contributed by atoms with Crippen molar-refractivity contribution < 1.29 is 22.7 Å². The minimum Gasteiger partial charge on any atom is -0.374 e.